The minimum Gasteiger partial charge on any atom is -0.393 e. The van der Waals surface area contributed by atoms with Crippen LogP contribution in [-0.4, -0.2) is 47.5 Å². The predicted octanol–water partition coefficient (Wildman–Crippen LogP) is 4.81. The molecule has 0 saturated heterocycles. The Hall–Kier alpha value is -2.92. The van der Waals surface area contributed by atoms with E-state index in [1.807, 2.05) is 0 Å². The fourth-order valence-electron chi connectivity index (χ4n) is 5.40. The molecule has 5 rings (SSSR count). The van der Waals surface area contributed by atoms with Crippen molar-refractivity contribution in [3.05, 3.63) is 35.8 Å². The van der Waals surface area contributed by atoms with E-state index in [0.29, 0.717) is 48.5 Å². The quantitative estimate of drug-likeness (QED) is 0.381. The Labute approximate surface area is 207 Å². The topological polar surface area (TPSA) is 108 Å². The van der Waals surface area contributed by atoms with Crippen molar-refractivity contribution in [2.24, 2.45) is 5.92 Å². The molecule has 0 aliphatic heterocycles. The first-order valence-electron chi connectivity index (χ1n) is 12.4. The molecule has 2 aromatic heterocycles. The van der Waals surface area contributed by atoms with Crippen molar-refractivity contribution in [1.29, 1.82) is 0 Å². The summed E-state index contributed by atoms with van der Waals surface area (Å²) >= 11 is 0. The highest BCUT2D eigenvalue weighted by Crippen LogP contribution is 2.43. The lowest BCUT2D eigenvalue weighted by molar-refractivity contribution is 0.0186. The van der Waals surface area contributed by atoms with Crippen LogP contribution in [0.15, 0.2) is 18.3 Å². The van der Waals surface area contributed by atoms with Crippen LogP contribution in [0.5, 0.6) is 0 Å². The second-order valence-corrected chi connectivity index (χ2v) is 10.5. The van der Waals surface area contributed by atoms with Crippen molar-refractivity contribution < 1.29 is 23.4 Å². The normalized spacial score (nSPS) is 24.9. The lowest BCUT2D eigenvalue weighted by Gasteiger charge is -2.26. The van der Waals surface area contributed by atoms with Crippen molar-refractivity contribution in [2.75, 3.05) is 10.6 Å². The number of benzene rings is 1. The van der Waals surface area contributed by atoms with Gasteiger partial charge in [-0.15, -0.1) is 0 Å². The van der Waals surface area contributed by atoms with Gasteiger partial charge in [-0.25, -0.2) is 23.1 Å². The second kappa shape index (κ2) is 9.51. The summed E-state index contributed by atoms with van der Waals surface area (Å²) in [6.07, 6.45) is 6.42. The second-order valence-electron chi connectivity index (χ2n) is 10.5. The van der Waals surface area contributed by atoms with Gasteiger partial charge in [-0.3, -0.25) is 4.57 Å². The molecule has 194 valence electrons. The van der Waals surface area contributed by atoms with E-state index < -0.39 is 28.7 Å². The van der Waals surface area contributed by atoms with E-state index >= 15 is 0 Å². The largest absolute Gasteiger partial charge is 0.393 e. The number of aliphatic hydroxyl groups excluding tert-OH is 1. The first-order chi connectivity index (χ1) is 17.1. The van der Waals surface area contributed by atoms with Crippen molar-refractivity contribution >= 4 is 28.7 Å². The van der Waals surface area contributed by atoms with E-state index in [1.54, 1.807) is 24.6 Å². The average Bonchev–Trinajstić information content (AvgIpc) is 3.42. The van der Waals surface area contributed by atoms with Crippen molar-refractivity contribution in [1.82, 2.24) is 19.5 Å². The molecule has 2 fully saturated rings. The molecule has 2 heterocycles. The number of rotatable bonds is 6. The molecule has 11 heteroatoms. The van der Waals surface area contributed by atoms with Crippen LogP contribution in [0.1, 0.15) is 64.8 Å². The number of nitrogens with zero attached hydrogens (tertiary/aromatic N) is 4. The van der Waals surface area contributed by atoms with Crippen LogP contribution < -0.4 is 10.6 Å². The molecule has 3 aromatic rings. The average molecular weight is 505 g/mol. The van der Waals surface area contributed by atoms with E-state index in [1.165, 1.54) is 0 Å². The Morgan fingerprint density at radius 1 is 1.00 bits per heavy atom. The number of anilines is 3. The Morgan fingerprint density at radius 3 is 2.33 bits per heavy atom. The molecule has 2 aliphatic carbocycles. The van der Waals surface area contributed by atoms with Gasteiger partial charge in [0.2, 0.25) is 11.9 Å². The molecular weight excluding hydrogens is 473 g/mol. The summed E-state index contributed by atoms with van der Waals surface area (Å²) in [5, 5.41) is 26.4. The maximum atomic E-state index is 14.5. The third kappa shape index (κ3) is 4.99. The van der Waals surface area contributed by atoms with Crippen LogP contribution in [0.2, 0.25) is 0 Å². The van der Waals surface area contributed by atoms with Crippen molar-refractivity contribution in [2.45, 2.75) is 82.6 Å². The third-order valence-corrected chi connectivity index (χ3v) is 7.48. The Bertz CT molecular complexity index is 1230. The number of nitrogens with one attached hydrogen (secondary N) is 2. The lowest BCUT2D eigenvalue weighted by atomic mass is 9.89. The zero-order valence-electron chi connectivity index (χ0n) is 20.3. The van der Waals surface area contributed by atoms with Gasteiger partial charge in [0.15, 0.2) is 17.3 Å². The molecule has 0 amide bonds. The van der Waals surface area contributed by atoms with Gasteiger partial charge in [0.05, 0.1) is 17.9 Å². The molecule has 8 nitrogen and oxygen atoms in total. The smallest absolute Gasteiger partial charge is 0.224 e. The van der Waals surface area contributed by atoms with E-state index in [4.69, 9.17) is 4.98 Å². The summed E-state index contributed by atoms with van der Waals surface area (Å²) in [5.74, 6) is -2.54. The number of fused-ring (bicyclic) bond motifs is 1. The molecule has 0 bridgehead atoms. The molecule has 1 aromatic carbocycles. The predicted molar refractivity (Wildman–Crippen MR) is 129 cm³/mol. The Kier molecular flexibility index (Phi) is 6.54. The summed E-state index contributed by atoms with van der Waals surface area (Å²) in [6, 6.07) is 1.23. The number of aliphatic hydroxyl groups is 2. The highest BCUT2D eigenvalue weighted by Gasteiger charge is 2.37. The van der Waals surface area contributed by atoms with Crippen LogP contribution in [0.4, 0.5) is 30.8 Å². The van der Waals surface area contributed by atoms with Gasteiger partial charge < -0.3 is 20.8 Å². The molecular formula is C25H31F3N6O2. The summed E-state index contributed by atoms with van der Waals surface area (Å²) in [6.45, 7) is 3.56. The van der Waals surface area contributed by atoms with E-state index in [0.717, 1.165) is 25.7 Å². The Balaban J connectivity index is 1.52. The number of hydrogen-bond donors (Lipinski definition) is 4. The summed E-state index contributed by atoms with van der Waals surface area (Å²) in [4.78, 5) is 13.6. The Morgan fingerprint density at radius 2 is 1.69 bits per heavy atom. The molecule has 0 spiro atoms. The van der Waals surface area contributed by atoms with E-state index in [-0.39, 0.29) is 30.1 Å². The van der Waals surface area contributed by atoms with Crippen molar-refractivity contribution in [3.63, 3.8) is 0 Å². The van der Waals surface area contributed by atoms with Gasteiger partial charge in [-0.05, 0) is 64.7 Å². The van der Waals surface area contributed by atoms with E-state index in [2.05, 4.69) is 20.6 Å². The molecule has 2 atom stereocenters. The minimum atomic E-state index is -1.07. The molecule has 2 saturated carbocycles. The van der Waals surface area contributed by atoms with Gasteiger partial charge in [-0.1, -0.05) is 0 Å². The van der Waals surface area contributed by atoms with Gasteiger partial charge in [-0.2, -0.15) is 4.98 Å². The van der Waals surface area contributed by atoms with Crippen LogP contribution in [0, 0.1) is 23.4 Å². The molecule has 36 heavy (non-hydrogen) atoms. The monoisotopic (exact) mass is 504 g/mol. The third-order valence-electron chi connectivity index (χ3n) is 7.48. The summed E-state index contributed by atoms with van der Waals surface area (Å²) in [5.41, 5.74) is -0.440. The highest BCUT2D eigenvalue weighted by atomic mass is 19.1. The van der Waals surface area contributed by atoms with E-state index in [9.17, 15) is 23.4 Å². The van der Waals surface area contributed by atoms with Crippen LogP contribution in [0.25, 0.3) is 11.2 Å². The zero-order valence-corrected chi connectivity index (χ0v) is 20.3. The first kappa shape index (κ1) is 24.8. The summed E-state index contributed by atoms with van der Waals surface area (Å²) in [7, 11) is 0. The highest BCUT2D eigenvalue weighted by molar-refractivity contribution is 5.76. The van der Waals surface area contributed by atoms with Crippen LogP contribution >= 0.6 is 0 Å². The number of aromatic nitrogens is 4. The summed E-state index contributed by atoms with van der Waals surface area (Å²) < 4.78 is 44.2. The maximum absolute atomic E-state index is 14.5. The minimum absolute atomic E-state index is 0.0280. The number of halogens is 3. The molecule has 2 aliphatic rings. The van der Waals surface area contributed by atoms with Gasteiger partial charge in [0.1, 0.15) is 17.0 Å². The maximum Gasteiger partial charge on any atom is 0.224 e. The molecule has 4 N–H and O–H groups in total. The van der Waals surface area contributed by atoms with Gasteiger partial charge in [0, 0.05) is 24.2 Å². The van der Waals surface area contributed by atoms with Crippen molar-refractivity contribution in [3.8, 4) is 0 Å². The molecule has 0 radical (unpaired) electrons. The lowest BCUT2D eigenvalue weighted by Crippen LogP contribution is -2.29. The van der Waals surface area contributed by atoms with Crippen LogP contribution in [0.3, 0.4) is 0 Å². The zero-order chi connectivity index (χ0) is 25.6. The fourth-order valence-corrected chi connectivity index (χ4v) is 5.40. The SMILES string of the molecule is CC(C)(O)C1CCC(n2c(Nc3c(F)cc(F)cc3F)nc3cnc(NC4CCC(O)CC4)nc32)C1. The molecule has 2 unspecified atom stereocenters. The number of imidazole rings is 1. The van der Waals surface area contributed by atoms with Crippen LogP contribution in [-0.2, 0) is 0 Å². The number of hydrogen-bond acceptors (Lipinski definition) is 7. The fraction of sp³-hybridized carbons (Fsp3) is 0.560. The van der Waals surface area contributed by atoms with Gasteiger partial charge >= 0.3 is 0 Å². The first-order valence-corrected chi connectivity index (χ1v) is 12.4. The standard InChI is InChI=1S/C25H31F3N6O2/c1-25(2,36)13-3-6-16(9-13)34-22-20(12-29-23(33-22)30-15-4-7-17(35)8-5-15)31-24(34)32-21-18(27)10-14(26)11-19(21)28/h10-13,15-17,35-36H,3-9H2,1-2H3,(H,31,32)(H,29,30,33). The van der Waals surface area contributed by atoms with Gasteiger partial charge in [0.25, 0.3) is 0 Å².